The fraction of sp³-hybridized carbons (Fsp3) is 0.579. The van der Waals surface area contributed by atoms with Crippen molar-refractivity contribution in [3.8, 4) is 12.3 Å². The Morgan fingerprint density at radius 2 is 2.05 bits per heavy atom. The SMILES string of the molecule is C#CC(=O)C1CCC(C)=C(C(=O)/C=C(\C)CCC)C1(C)C. The average molecular weight is 286 g/mol. The fourth-order valence-electron chi connectivity index (χ4n) is 3.42. The molecular formula is C19H26O2. The number of carbonyl (C=O) groups excluding carboxylic acids is 2. The highest BCUT2D eigenvalue weighted by Crippen LogP contribution is 2.45. The number of rotatable bonds is 5. The molecular weight excluding hydrogens is 260 g/mol. The predicted molar refractivity (Wildman–Crippen MR) is 86.7 cm³/mol. The molecule has 0 aliphatic heterocycles. The zero-order valence-corrected chi connectivity index (χ0v) is 13.9. The van der Waals surface area contributed by atoms with Crippen LogP contribution in [0.5, 0.6) is 0 Å². The molecule has 0 radical (unpaired) electrons. The molecule has 2 heteroatoms. The number of hydrogen-bond acceptors (Lipinski definition) is 2. The first-order valence-corrected chi connectivity index (χ1v) is 7.67. The summed E-state index contributed by atoms with van der Waals surface area (Å²) >= 11 is 0. The maximum atomic E-state index is 12.7. The van der Waals surface area contributed by atoms with Gasteiger partial charge < -0.3 is 0 Å². The minimum absolute atomic E-state index is 0.0398. The van der Waals surface area contributed by atoms with E-state index in [-0.39, 0.29) is 17.5 Å². The normalized spacial score (nSPS) is 21.9. The van der Waals surface area contributed by atoms with Gasteiger partial charge in [-0.2, -0.15) is 0 Å². The summed E-state index contributed by atoms with van der Waals surface area (Å²) in [5.74, 6) is 1.83. The molecule has 2 nitrogen and oxygen atoms in total. The van der Waals surface area contributed by atoms with Crippen molar-refractivity contribution < 1.29 is 9.59 Å². The molecule has 1 atom stereocenters. The lowest BCUT2D eigenvalue weighted by atomic mass is 9.63. The molecule has 114 valence electrons. The monoisotopic (exact) mass is 286 g/mol. The quantitative estimate of drug-likeness (QED) is 0.430. The van der Waals surface area contributed by atoms with E-state index in [4.69, 9.17) is 6.42 Å². The highest BCUT2D eigenvalue weighted by molar-refractivity contribution is 6.07. The van der Waals surface area contributed by atoms with Crippen LogP contribution < -0.4 is 0 Å². The minimum atomic E-state index is -0.494. The molecule has 0 bridgehead atoms. The summed E-state index contributed by atoms with van der Waals surface area (Å²) in [6, 6.07) is 0. The second-order valence-corrected chi connectivity index (χ2v) is 6.58. The summed E-state index contributed by atoms with van der Waals surface area (Å²) < 4.78 is 0. The lowest BCUT2D eigenvalue weighted by Gasteiger charge is -2.39. The van der Waals surface area contributed by atoms with Crippen molar-refractivity contribution in [3.63, 3.8) is 0 Å². The van der Waals surface area contributed by atoms with Gasteiger partial charge in [0.1, 0.15) is 0 Å². The third-order valence-corrected chi connectivity index (χ3v) is 4.48. The van der Waals surface area contributed by atoms with Crippen molar-refractivity contribution in [2.75, 3.05) is 0 Å². The summed E-state index contributed by atoms with van der Waals surface area (Å²) in [7, 11) is 0. The Hall–Kier alpha value is -1.62. The van der Waals surface area contributed by atoms with E-state index < -0.39 is 5.41 Å². The van der Waals surface area contributed by atoms with Crippen molar-refractivity contribution in [1.82, 2.24) is 0 Å². The van der Waals surface area contributed by atoms with Crippen LogP contribution >= 0.6 is 0 Å². The highest BCUT2D eigenvalue weighted by Gasteiger charge is 2.42. The number of ketones is 2. The van der Waals surface area contributed by atoms with Crippen LogP contribution in [0.1, 0.15) is 60.3 Å². The minimum Gasteiger partial charge on any atom is -0.290 e. The maximum absolute atomic E-state index is 12.7. The fourth-order valence-corrected chi connectivity index (χ4v) is 3.42. The molecule has 0 fully saturated rings. The van der Waals surface area contributed by atoms with Gasteiger partial charge in [-0.05, 0) is 45.1 Å². The molecule has 21 heavy (non-hydrogen) atoms. The van der Waals surface area contributed by atoms with E-state index in [9.17, 15) is 9.59 Å². The average Bonchev–Trinajstić information content (AvgIpc) is 2.37. The topological polar surface area (TPSA) is 34.1 Å². The largest absolute Gasteiger partial charge is 0.290 e. The van der Waals surface area contributed by atoms with Gasteiger partial charge >= 0.3 is 0 Å². The molecule has 0 amide bonds. The second-order valence-electron chi connectivity index (χ2n) is 6.58. The van der Waals surface area contributed by atoms with Gasteiger partial charge in [0.15, 0.2) is 5.78 Å². The molecule has 0 aromatic carbocycles. The maximum Gasteiger partial charge on any atom is 0.209 e. The van der Waals surface area contributed by atoms with Crippen molar-refractivity contribution in [2.24, 2.45) is 11.3 Å². The number of carbonyl (C=O) groups is 2. The van der Waals surface area contributed by atoms with Gasteiger partial charge in [0, 0.05) is 16.9 Å². The van der Waals surface area contributed by atoms with E-state index in [1.165, 1.54) is 0 Å². The number of hydrogen-bond donors (Lipinski definition) is 0. The zero-order chi connectivity index (χ0) is 16.2. The van der Waals surface area contributed by atoms with Crippen molar-refractivity contribution in [2.45, 2.75) is 60.3 Å². The van der Waals surface area contributed by atoms with Crippen LogP contribution in [0.3, 0.4) is 0 Å². The third kappa shape index (κ3) is 3.73. The first-order valence-electron chi connectivity index (χ1n) is 7.67. The third-order valence-electron chi connectivity index (χ3n) is 4.48. The van der Waals surface area contributed by atoms with Crippen molar-refractivity contribution in [3.05, 3.63) is 22.8 Å². The Morgan fingerprint density at radius 1 is 1.43 bits per heavy atom. The molecule has 1 aliphatic carbocycles. The van der Waals surface area contributed by atoms with E-state index in [0.717, 1.165) is 42.4 Å². The first-order chi connectivity index (χ1) is 9.75. The van der Waals surface area contributed by atoms with Crippen LogP contribution in [0, 0.1) is 23.7 Å². The number of allylic oxidation sites excluding steroid dienone is 4. The Bertz CT molecular complexity index is 538. The van der Waals surface area contributed by atoms with Crippen LogP contribution in [-0.4, -0.2) is 11.6 Å². The van der Waals surface area contributed by atoms with E-state index in [0.29, 0.717) is 0 Å². The van der Waals surface area contributed by atoms with Crippen LogP contribution in [0.4, 0.5) is 0 Å². The van der Waals surface area contributed by atoms with E-state index in [1.54, 1.807) is 6.08 Å². The van der Waals surface area contributed by atoms with E-state index in [1.807, 2.05) is 27.7 Å². The van der Waals surface area contributed by atoms with Crippen LogP contribution in [-0.2, 0) is 9.59 Å². The standard InChI is InChI=1S/C19H26O2/c1-7-9-13(3)12-17(21)18-14(4)10-11-15(16(20)8-2)19(18,5)6/h2,12,15H,7,9-11H2,1,3-6H3/b13-12+. The number of Topliss-reactive ketones (excluding diaryl/α,β-unsaturated/α-hetero) is 1. The van der Waals surface area contributed by atoms with Gasteiger partial charge in [-0.25, -0.2) is 0 Å². The second kappa shape index (κ2) is 6.89. The van der Waals surface area contributed by atoms with Gasteiger partial charge in [0.25, 0.3) is 0 Å². The summed E-state index contributed by atoms with van der Waals surface area (Å²) in [5.41, 5.74) is 2.46. The smallest absolute Gasteiger partial charge is 0.209 e. The molecule has 1 aliphatic rings. The van der Waals surface area contributed by atoms with Gasteiger partial charge in [0.2, 0.25) is 5.78 Å². The summed E-state index contributed by atoms with van der Waals surface area (Å²) in [4.78, 5) is 24.7. The zero-order valence-electron chi connectivity index (χ0n) is 13.9. The van der Waals surface area contributed by atoms with Gasteiger partial charge in [-0.1, -0.05) is 38.3 Å². The number of terminal acetylenes is 1. The van der Waals surface area contributed by atoms with Gasteiger partial charge in [-0.15, -0.1) is 6.42 Å². The molecule has 0 N–H and O–H groups in total. The predicted octanol–water partition coefficient (Wildman–Crippen LogP) is 4.26. The molecule has 0 aromatic heterocycles. The highest BCUT2D eigenvalue weighted by atomic mass is 16.1. The van der Waals surface area contributed by atoms with E-state index >= 15 is 0 Å². The van der Waals surface area contributed by atoms with Crippen LogP contribution in [0.2, 0.25) is 0 Å². The lowest BCUT2D eigenvalue weighted by Crippen LogP contribution is -2.38. The summed E-state index contributed by atoms with van der Waals surface area (Å²) in [5, 5.41) is 0. The lowest BCUT2D eigenvalue weighted by molar-refractivity contribution is -0.121. The summed E-state index contributed by atoms with van der Waals surface area (Å²) in [6.07, 6.45) is 10.5. The van der Waals surface area contributed by atoms with Crippen LogP contribution in [0.15, 0.2) is 22.8 Å². The van der Waals surface area contributed by atoms with Crippen LogP contribution in [0.25, 0.3) is 0 Å². The molecule has 0 heterocycles. The Labute approximate surface area is 128 Å². The van der Waals surface area contributed by atoms with Gasteiger partial charge in [-0.3, -0.25) is 9.59 Å². The molecule has 0 aromatic rings. The Balaban J connectivity index is 3.20. The first kappa shape index (κ1) is 17.4. The molecule has 0 saturated carbocycles. The van der Waals surface area contributed by atoms with Crippen molar-refractivity contribution in [1.29, 1.82) is 0 Å². The molecule has 1 unspecified atom stereocenters. The molecule has 0 spiro atoms. The summed E-state index contributed by atoms with van der Waals surface area (Å²) in [6.45, 7) is 10.0. The van der Waals surface area contributed by atoms with Crippen molar-refractivity contribution >= 4 is 11.6 Å². The molecule has 0 saturated heterocycles. The Kier molecular flexibility index (Phi) is 5.72. The van der Waals surface area contributed by atoms with Gasteiger partial charge in [0.05, 0.1) is 0 Å². The Morgan fingerprint density at radius 3 is 2.57 bits per heavy atom. The van der Waals surface area contributed by atoms with E-state index in [2.05, 4.69) is 12.8 Å². The molecule has 1 rings (SSSR count).